The molecule has 1 unspecified atom stereocenters. The van der Waals surface area contributed by atoms with Crippen LogP contribution in [0.2, 0.25) is 0 Å². The number of carbonyl (C=O) groups excluding carboxylic acids is 1. The van der Waals surface area contributed by atoms with Gasteiger partial charge in [0, 0.05) is 25.2 Å². The van der Waals surface area contributed by atoms with Gasteiger partial charge in [-0.2, -0.15) is 0 Å². The average molecular weight is 310 g/mol. The zero-order chi connectivity index (χ0) is 16.3. The van der Waals surface area contributed by atoms with E-state index >= 15 is 0 Å². The summed E-state index contributed by atoms with van der Waals surface area (Å²) in [5, 5.41) is 3.81. The van der Waals surface area contributed by atoms with E-state index < -0.39 is 5.60 Å². The second-order valence-electron chi connectivity index (χ2n) is 8.43. The van der Waals surface area contributed by atoms with Gasteiger partial charge in [0.25, 0.3) is 0 Å². The van der Waals surface area contributed by atoms with Crippen molar-refractivity contribution in [3.8, 4) is 0 Å². The Labute approximate surface area is 136 Å². The minimum absolute atomic E-state index is 0.156. The summed E-state index contributed by atoms with van der Waals surface area (Å²) in [6, 6.07) is 1.26. The van der Waals surface area contributed by atoms with Crippen LogP contribution in [0.3, 0.4) is 0 Å². The van der Waals surface area contributed by atoms with Gasteiger partial charge in [0.2, 0.25) is 0 Å². The number of nitrogens with one attached hydrogen (secondary N) is 1. The molecule has 1 aliphatic heterocycles. The van der Waals surface area contributed by atoms with Crippen LogP contribution in [-0.2, 0) is 4.74 Å². The molecule has 1 heterocycles. The molecule has 1 aliphatic carbocycles. The van der Waals surface area contributed by atoms with E-state index in [1.807, 2.05) is 25.7 Å². The average Bonchev–Trinajstić information content (AvgIpc) is 2.56. The second kappa shape index (κ2) is 7.20. The molecule has 0 aromatic rings. The Morgan fingerprint density at radius 1 is 1.14 bits per heavy atom. The van der Waals surface area contributed by atoms with Gasteiger partial charge in [0.05, 0.1) is 0 Å². The predicted octanol–water partition coefficient (Wildman–Crippen LogP) is 3.80. The molecule has 0 radical (unpaired) electrons. The first kappa shape index (κ1) is 17.6. The highest BCUT2D eigenvalue weighted by Gasteiger charge is 2.33. The number of hydrogen-bond donors (Lipinski definition) is 1. The van der Waals surface area contributed by atoms with Gasteiger partial charge in [0.15, 0.2) is 0 Å². The van der Waals surface area contributed by atoms with Gasteiger partial charge in [-0.25, -0.2) is 4.79 Å². The summed E-state index contributed by atoms with van der Waals surface area (Å²) >= 11 is 0. The molecule has 4 heteroatoms. The Morgan fingerprint density at radius 2 is 1.82 bits per heavy atom. The number of likely N-dealkylation sites (tertiary alicyclic amines) is 1. The standard InChI is InChI=1S/C18H34N2O2/c1-13(2)14-11-16(12-14)19-15-7-6-9-20(10-8-15)17(21)22-18(3,4)5/h13-16,19H,6-12H2,1-5H3. The Morgan fingerprint density at radius 3 is 2.41 bits per heavy atom. The van der Waals surface area contributed by atoms with Crippen molar-refractivity contribution in [3.05, 3.63) is 0 Å². The lowest BCUT2D eigenvalue weighted by Gasteiger charge is -2.40. The summed E-state index contributed by atoms with van der Waals surface area (Å²) < 4.78 is 5.49. The van der Waals surface area contributed by atoms with Crippen LogP contribution in [0.4, 0.5) is 4.79 Å². The van der Waals surface area contributed by atoms with Crippen LogP contribution in [0.5, 0.6) is 0 Å². The van der Waals surface area contributed by atoms with Crippen LogP contribution < -0.4 is 5.32 Å². The molecule has 0 aromatic heterocycles. The second-order valence-corrected chi connectivity index (χ2v) is 8.43. The van der Waals surface area contributed by atoms with E-state index in [1.165, 1.54) is 19.3 Å². The minimum Gasteiger partial charge on any atom is -0.444 e. The largest absolute Gasteiger partial charge is 0.444 e. The number of rotatable bonds is 3. The maximum absolute atomic E-state index is 12.2. The van der Waals surface area contributed by atoms with Gasteiger partial charge in [-0.1, -0.05) is 13.8 Å². The Hall–Kier alpha value is -0.770. The topological polar surface area (TPSA) is 41.6 Å². The molecule has 2 rings (SSSR count). The summed E-state index contributed by atoms with van der Waals surface area (Å²) in [4.78, 5) is 14.0. The number of nitrogens with zero attached hydrogens (tertiary/aromatic N) is 1. The first-order valence-corrected chi connectivity index (χ1v) is 8.98. The highest BCUT2D eigenvalue weighted by Crippen LogP contribution is 2.34. The van der Waals surface area contributed by atoms with Crippen molar-refractivity contribution in [3.63, 3.8) is 0 Å². The molecule has 0 bridgehead atoms. The summed E-state index contributed by atoms with van der Waals surface area (Å²) in [5.41, 5.74) is -0.404. The van der Waals surface area contributed by atoms with Gasteiger partial charge in [-0.3, -0.25) is 0 Å². The smallest absolute Gasteiger partial charge is 0.410 e. The maximum Gasteiger partial charge on any atom is 0.410 e. The first-order valence-electron chi connectivity index (χ1n) is 8.98. The monoisotopic (exact) mass is 310 g/mol. The molecule has 0 spiro atoms. The van der Waals surface area contributed by atoms with Gasteiger partial charge in [-0.05, 0) is 64.7 Å². The van der Waals surface area contributed by atoms with E-state index in [9.17, 15) is 4.79 Å². The molecule has 1 amide bonds. The van der Waals surface area contributed by atoms with Crippen LogP contribution in [0.25, 0.3) is 0 Å². The third-order valence-corrected chi connectivity index (χ3v) is 4.97. The van der Waals surface area contributed by atoms with E-state index in [-0.39, 0.29) is 6.09 Å². The maximum atomic E-state index is 12.2. The summed E-state index contributed by atoms with van der Waals surface area (Å²) in [5.74, 6) is 1.72. The van der Waals surface area contributed by atoms with E-state index in [1.54, 1.807) is 0 Å². The molecule has 4 nitrogen and oxygen atoms in total. The number of amides is 1. The van der Waals surface area contributed by atoms with Gasteiger partial charge in [0.1, 0.15) is 5.60 Å². The van der Waals surface area contributed by atoms with E-state index in [2.05, 4.69) is 19.2 Å². The van der Waals surface area contributed by atoms with Crippen LogP contribution in [0.15, 0.2) is 0 Å². The van der Waals surface area contributed by atoms with Crippen molar-refractivity contribution in [2.24, 2.45) is 11.8 Å². The van der Waals surface area contributed by atoms with Crippen molar-refractivity contribution < 1.29 is 9.53 Å². The summed E-state index contributed by atoms with van der Waals surface area (Å²) in [6.07, 6.45) is 5.77. The number of carbonyl (C=O) groups is 1. The van der Waals surface area contributed by atoms with Crippen LogP contribution >= 0.6 is 0 Å². The summed E-state index contributed by atoms with van der Waals surface area (Å²) in [6.45, 7) is 12.1. The molecule has 1 N–H and O–H groups in total. The van der Waals surface area contributed by atoms with E-state index in [4.69, 9.17) is 4.74 Å². The lowest BCUT2D eigenvalue weighted by Crippen LogP contribution is -2.48. The molecular weight excluding hydrogens is 276 g/mol. The Balaban J connectivity index is 1.72. The van der Waals surface area contributed by atoms with Gasteiger partial charge < -0.3 is 15.0 Å². The summed E-state index contributed by atoms with van der Waals surface area (Å²) in [7, 11) is 0. The Bertz CT molecular complexity index is 370. The fourth-order valence-electron chi connectivity index (χ4n) is 3.45. The van der Waals surface area contributed by atoms with Crippen molar-refractivity contribution in [2.45, 2.75) is 84.4 Å². The van der Waals surface area contributed by atoms with E-state index in [0.717, 1.165) is 37.8 Å². The number of hydrogen-bond acceptors (Lipinski definition) is 3. The lowest BCUT2D eigenvalue weighted by atomic mass is 9.73. The van der Waals surface area contributed by atoms with Crippen LogP contribution in [0, 0.1) is 11.8 Å². The fourth-order valence-corrected chi connectivity index (χ4v) is 3.45. The zero-order valence-corrected chi connectivity index (χ0v) is 15.0. The molecule has 2 aliphatic rings. The molecule has 128 valence electrons. The highest BCUT2D eigenvalue weighted by molar-refractivity contribution is 5.68. The molecule has 1 saturated heterocycles. The van der Waals surface area contributed by atoms with Gasteiger partial charge >= 0.3 is 6.09 Å². The van der Waals surface area contributed by atoms with Crippen LogP contribution in [-0.4, -0.2) is 41.8 Å². The highest BCUT2D eigenvalue weighted by atomic mass is 16.6. The zero-order valence-electron chi connectivity index (χ0n) is 15.0. The molecule has 1 saturated carbocycles. The lowest BCUT2D eigenvalue weighted by molar-refractivity contribution is 0.0255. The third-order valence-electron chi connectivity index (χ3n) is 4.97. The van der Waals surface area contributed by atoms with Crippen molar-refractivity contribution in [1.29, 1.82) is 0 Å². The quantitative estimate of drug-likeness (QED) is 0.862. The molecule has 22 heavy (non-hydrogen) atoms. The third kappa shape index (κ3) is 5.15. The minimum atomic E-state index is -0.404. The first-order chi connectivity index (χ1) is 10.2. The normalized spacial score (nSPS) is 29.9. The van der Waals surface area contributed by atoms with Crippen LogP contribution in [0.1, 0.15) is 66.7 Å². The molecule has 0 aromatic carbocycles. The van der Waals surface area contributed by atoms with Crippen molar-refractivity contribution in [2.75, 3.05) is 13.1 Å². The fraction of sp³-hybridized carbons (Fsp3) is 0.944. The molecule has 1 atom stereocenters. The van der Waals surface area contributed by atoms with Crippen molar-refractivity contribution >= 4 is 6.09 Å². The van der Waals surface area contributed by atoms with Crippen molar-refractivity contribution in [1.82, 2.24) is 10.2 Å². The Kier molecular flexibility index (Phi) is 5.76. The predicted molar refractivity (Wildman–Crippen MR) is 89.9 cm³/mol. The molecule has 2 fully saturated rings. The van der Waals surface area contributed by atoms with E-state index in [0.29, 0.717) is 12.1 Å². The number of ether oxygens (including phenoxy) is 1. The SMILES string of the molecule is CC(C)C1CC(NC2CCCN(C(=O)OC(C)(C)C)CC2)C1. The molecular formula is C18H34N2O2. The van der Waals surface area contributed by atoms with Gasteiger partial charge in [-0.15, -0.1) is 0 Å².